The van der Waals surface area contributed by atoms with Gasteiger partial charge in [-0.15, -0.1) is 0 Å². The average molecular weight is 223 g/mol. The Balaban J connectivity index is 2.88. The molecule has 0 heterocycles. The van der Waals surface area contributed by atoms with Crippen molar-refractivity contribution in [2.24, 2.45) is 5.73 Å². The van der Waals surface area contributed by atoms with Crippen LogP contribution in [-0.2, 0) is 0 Å². The Morgan fingerprint density at radius 3 is 2.67 bits per heavy atom. The van der Waals surface area contributed by atoms with Gasteiger partial charge in [-0.3, -0.25) is 0 Å². The fourth-order valence-corrected chi connectivity index (χ4v) is 3.12. The van der Waals surface area contributed by atoms with Crippen molar-refractivity contribution >= 4 is 23.5 Å². The van der Waals surface area contributed by atoms with Crippen LogP contribution in [0, 0.1) is 0 Å². The molecular formula is C12H22BNS. The molecule has 0 amide bonds. The quantitative estimate of drug-likeness (QED) is 0.725. The molecule has 0 atom stereocenters. The van der Waals surface area contributed by atoms with E-state index in [1.54, 1.807) is 5.57 Å². The first-order valence-corrected chi connectivity index (χ1v) is 7.06. The summed E-state index contributed by atoms with van der Waals surface area (Å²) in [7, 11) is 0. The van der Waals surface area contributed by atoms with E-state index in [-0.39, 0.29) is 0 Å². The number of thioether (sulfide) groups is 1. The molecule has 1 rings (SSSR count). The van der Waals surface area contributed by atoms with Crippen LogP contribution in [0.3, 0.4) is 0 Å². The molecule has 0 aromatic carbocycles. The summed E-state index contributed by atoms with van der Waals surface area (Å²) in [5.41, 5.74) is 8.90. The molecule has 0 aliphatic heterocycles. The van der Waals surface area contributed by atoms with E-state index in [1.165, 1.54) is 36.1 Å². The van der Waals surface area contributed by atoms with Crippen LogP contribution in [0.2, 0.25) is 6.32 Å². The Kier molecular flexibility index (Phi) is 6.34. The molecule has 1 aliphatic rings. The minimum atomic E-state index is 0.751. The average Bonchev–Trinajstić information content (AvgIpc) is 2.29. The van der Waals surface area contributed by atoms with Gasteiger partial charge in [0.15, 0.2) is 0 Å². The third kappa shape index (κ3) is 3.80. The van der Waals surface area contributed by atoms with Crippen LogP contribution in [0.1, 0.15) is 39.5 Å². The van der Waals surface area contributed by atoms with E-state index in [0.29, 0.717) is 0 Å². The van der Waals surface area contributed by atoms with Crippen molar-refractivity contribution in [1.82, 2.24) is 0 Å². The molecule has 0 aromatic heterocycles. The van der Waals surface area contributed by atoms with E-state index in [4.69, 9.17) is 5.73 Å². The van der Waals surface area contributed by atoms with E-state index in [0.717, 1.165) is 18.6 Å². The second-order valence-electron chi connectivity index (χ2n) is 3.90. The van der Waals surface area contributed by atoms with Crippen molar-refractivity contribution in [3.63, 3.8) is 0 Å². The third-order valence-corrected chi connectivity index (χ3v) is 3.83. The van der Waals surface area contributed by atoms with Gasteiger partial charge in [-0.1, -0.05) is 0 Å². The van der Waals surface area contributed by atoms with Gasteiger partial charge in [0.2, 0.25) is 0 Å². The maximum absolute atomic E-state index is 5.83. The van der Waals surface area contributed by atoms with Crippen LogP contribution >= 0.6 is 11.8 Å². The SMILES string of the molecule is CCB=C(SCC)C1=C(CN)CCCC1. The fraction of sp³-hybridized carbons (Fsp3) is 0.750. The van der Waals surface area contributed by atoms with Gasteiger partial charge in [0.1, 0.15) is 0 Å². The Bertz CT molecular complexity index is 258. The first-order chi connectivity index (χ1) is 7.33. The zero-order valence-electron chi connectivity index (χ0n) is 10.0. The van der Waals surface area contributed by atoms with Gasteiger partial charge in [-0.2, -0.15) is 0 Å². The molecule has 15 heavy (non-hydrogen) atoms. The topological polar surface area (TPSA) is 26.0 Å². The van der Waals surface area contributed by atoms with E-state index >= 15 is 0 Å². The van der Waals surface area contributed by atoms with Crippen LogP contribution < -0.4 is 5.73 Å². The summed E-state index contributed by atoms with van der Waals surface area (Å²) >= 11 is 1.97. The number of hydrogen-bond donors (Lipinski definition) is 1. The van der Waals surface area contributed by atoms with E-state index in [9.17, 15) is 0 Å². The fourth-order valence-electron chi connectivity index (χ4n) is 2.10. The normalized spacial score (nSPS) is 17.9. The Hall–Kier alpha value is -0.0151. The van der Waals surface area contributed by atoms with Crippen molar-refractivity contribution < 1.29 is 0 Å². The Labute approximate surface area is 98.8 Å². The van der Waals surface area contributed by atoms with Crippen molar-refractivity contribution in [2.45, 2.75) is 45.9 Å². The molecule has 1 nitrogen and oxygen atoms in total. The molecule has 0 unspecified atom stereocenters. The molecule has 0 radical (unpaired) electrons. The number of rotatable bonds is 5. The van der Waals surface area contributed by atoms with Crippen LogP contribution in [0.5, 0.6) is 0 Å². The third-order valence-electron chi connectivity index (χ3n) is 2.82. The van der Waals surface area contributed by atoms with Crippen LogP contribution in [0.15, 0.2) is 11.1 Å². The molecule has 84 valence electrons. The van der Waals surface area contributed by atoms with Crippen molar-refractivity contribution in [3.05, 3.63) is 11.1 Å². The van der Waals surface area contributed by atoms with Gasteiger partial charge < -0.3 is 0 Å². The predicted molar refractivity (Wildman–Crippen MR) is 73.9 cm³/mol. The van der Waals surface area contributed by atoms with E-state index in [2.05, 4.69) is 20.8 Å². The summed E-state index contributed by atoms with van der Waals surface area (Å²) in [6.45, 7) is 7.55. The summed E-state index contributed by atoms with van der Waals surface area (Å²) in [4.78, 5) is 1.50. The zero-order valence-corrected chi connectivity index (χ0v) is 10.8. The van der Waals surface area contributed by atoms with Crippen molar-refractivity contribution in [1.29, 1.82) is 0 Å². The van der Waals surface area contributed by atoms with Gasteiger partial charge in [0.25, 0.3) is 0 Å². The molecule has 0 saturated carbocycles. The summed E-state index contributed by atoms with van der Waals surface area (Å²) in [6.07, 6.45) is 6.25. The number of nitrogens with two attached hydrogens (primary N) is 1. The van der Waals surface area contributed by atoms with Gasteiger partial charge in [0.05, 0.1) is 0 Å². The maximum atomic E-state index is 5.83. The molecular weight excluding hydrogens is 201 g/mol. The van der Waals surface area contributed by atoms with Crippen LogP contribution in [0.4, 0.5) is 0 Å². The summed E-state index contributed by atoms with van der Waals surface area (Å²) in [5, 5.41) is 0. The van der Waals surface area contributed by atoms with E-state index < -0.39 is 0 Å². The summed E-state index contributed by atoms with van der Waals surface area (Å²) in [6, 6.07) is 0. The van der Waals surface area contributed by atoms with Gasteiger partial charge in [-0.25, -0.2) is 0 Å². The molecule has 0 aromatic rings. The molecule has 0 fully saturated rings. The Morgan fingerprint density at radius 1 is 1.33 bits per heavy atom. The summed E-state index contributed by atoms with van der Waals surface area (Å²) < 4.78 is 0. The van der Waals surface area contributed by atoms with Gasteiger partial charge in [0, 0.05) is 0 Å². The van der Waals surface area contributed by atoms with Crippen molar-refractivity contribution in [3.8, 4) is 0 Å². The predicted octanol–water partition coefficient (Wildman–Crippen LogP) is 2.84. The van der Waals surface area contributed by atoms with Crippen molar-refractivity contribution in [2.75, 3.05) is 12.3 Å². The first kappa shape index (κ1) is 13.1. The minimum absolute atomic E-state index is 0.751. The zero-order chi connectivity index (χ0) is 11.1. The molecule has 0 saturated heterocycles. The first-order valence-electron chi connectivity index (χ1n) is 6.07. The molecule has 1 aliphatic carbocycles. The van der Waals surface area contributed by atoms with Gasteiger partial charge >= 0.3 is 98.5 Å². The summed E-state index contributed by atoms with van der Waals surface area (Å²) in [5.74, 6) is 1.16. The Morgan fingerprint density at radius 2 is 2.07 bits per heavy atom. The standard InChI is InChI=1S/C12H22BNS/c1-3-13-12(15-4-2)11-8-6-5-7-10(11)9-14/h3-9,14H2,1-2H3. The molecule has 0 spiro atoms. The monoisotopic (exact) mass is 223 g/mol. The number of hydrogen-bond acceptors (Lipinski definition) is 2. The second kappa shape index (κ2) is 7.29. The second-order valence-corrected chi connectivity index (χ2v) is 5.21. The van der Waals surface area contributed by atoms with Gasteiger partial charge in [-0.05, 0) is 0 Å². The van der Waals surface area contributed by atoms with E-state index in [1.807, 2.05) is 11.8 Å². The molecule has 3 heteroatoms. The molecule has 2 N–H and O–H groups in total. The molecule has 0 bridgehead atoms. The van der Waals surface area contributed by atoms with Crippen LogP contribution in [-0.4, -0.2) is 24.0 Å². The van der Waals surface area contributed by atoms with Crippen LogP contribution in [0.25, 0.3) is 0 Å².